The molecular weight excluding hydrogens is 316 g/mol. The fourth-order valence-electron chi connectivity index (χ4n) is 2.59. The van der Waals surface area contributed by atoms with Crippen LogP contribution in [0.5, 0.6) is 0 Å². The first-order valence-electron chi connectivity index (χ1n) is 8.36. The number of carbonyl (C=O) groups excluding carboxylic acids is 2. The molecule has 0 fully saturated rings. The average molecular weight is 340 g/mol. The molecule has 0 radical (unpaired) electrons. The number of hydrogen-bond acceptors (Lipinski definition) is 3. The third kappa shape index (κ3) is 5.16. The molecule has 2 aromatic carbocycles. The predicted octanol–water partition coefficient (Wildman–Crippen LogP) is 2.87. The van der Waals surface area contributed by atoms with Gasteiger partial charge in [-0.05, 0) is 49.4 Å². The minimum Gasteiger partial charge on any atom is -0.396 e. The summed E-state index contributed by atoms with van der Waals surface area (Å²) in [6.45, 7) is 3.89. The minimum absolute atomic E-state index is 0.0356. The molecule has 5 heteroatoms. The summed E-state index contributed by atoms with van der Waals surface area (Å²) in [6.07, 6.45) is 1.10. The molecule has 2 amide bonds. The van der Waals surface area contributed by atoms with Crippen molar-refractivity contribution < 1.29 is 14.7 Å². The Morgan fingerprint density at radius 2 is 1.72 bits per heavy atom. The molecule has 0 bridgehead atoms. The van der Waals surface area contributed by atoms with Gasteiger partial charge < -0.3 is 15.7 Å². The number of aliphatic hydroxyl groups is 1. The van der Waals surface area contributed by atoms with Crippen LogP contribution in [0.2, 0.25) is 0 Å². The number of nitrogens with one attached hydrogen (secondary N) is 2. The standard InChI is InChI=1S/C20H24N2O3/c1-14-8-6-11-17(15(14)2)21-19(24)20(25)22-18(12-7-13-23)16-9-4-3-5-10-16/h3-6,8-11,18,23H,7,12-13H2,1-2H3,(H,21,24)(H,22,25). The van der Waals surface area contributed by atoms with E-state index in [-0.39, 0.29) is 12.6 Å². The van der Waals surface area contributed by atoms with Crippen LogP contribution in [0.15, 0.2) is 48.5 Å². The highest BCUT2D eigenvalue weighted by Gasteiger charge is 2.20. The van der Waals surface area contributed by atoms with Crippen molar-refractivity contribution in [1.82, 2.24) is 5.32 Å². The maximum absolute atomic E-state index is 12.3. The van der Waals surface area contributed by atoms with E-state index in [0.717, 1.165) is 16.7 Å². The van der Waals surface area contributed by atoms with E-state index in [0.29, 0.717) is 18.5 Å². The Bertz CT molecular complexity index is 729. The van der Waals surface area contributed by atoms with Crippen LogP contribution in [0.4, 0.5) is 5.69 Å². The van der Waals surface area contributed by atoms with Gasteiger partial charge in [-0.3, -0.25) is 9.59 Å². The van der Waals surface area contributed by atoms with E-state index in [9.17, 15) is 9.59 Å². The molecule has 0 aliphatic heterocycles. The van der Waals surface area contributed by atoms with Crippen molar-refractivity contribution >= 4 is 17.5 Å². The van der Waals surface area contributed by atoms with Crippen molar-refractivity contribution in [3.63, 3.8) is 0 Å². The van der Waals surface area contributed by atoms with Crippen LogP contribution in [-0.2, 0) is 9.59 Å². The fourth-order valence-corrected chi connectivity index (χ4v) is 2.59. The van der Waals surface area contributed by atoms with Gasteiger partial charge >= 0.3 is 11.8 Å². The Morgan fingerprint density at radius 1 is 1.00 bits per heavy atom. The second kappa shape index (κ2) is 8.99. The molecule has 132 valence electrons. The Morgan fingerprint density at radius 3 is 2.40 bits per heavy atom. The first-order chi connectivity index (χ1) is 12.0. The number of aliphatic hydroxyl groups excluding tert-OH is 1. The molecular formula is C20H24N2O3. The van der Waals surface area contributed by atoms with Gasteiger partial charge in [0, 0.05) is 12.3 Å². The second-order valence-corrected chi connectivity index (χ2v) is 6.00. The topological polar surface area (TPSA) is 78.4 Å². The lowest BCUT2D eigenvalue weighted by atomic mass is 10.0. The number of rotatable bonds is 6. The summed E-state index contributed by atoms with van der Waals surface area (Å²) in [5.41, 5.74) is 3.52. The van der Waals surface area contributed by atoms with Gasteiger partial charge in [0.2, 0.25) is 0 Å². The van der Waals surface area contributed by atoms with Gasteiger partial charge in [-0.1, -0.05) is 42.5 Å². The van der Waals surface area contributed by atoms with Crippen LogP contribution in [0.25, 0.3) is 0 Å². The summed E-state index contributed by atoms with van der Waals surface area (Å²) in [5.74, 6) is -1.38. The lowest BCUT2D eigenvalue weighted by Crippen LogP contribution is -2.38. The number of benzene rings is 2. The van der Waals surface area contributed by atoms with Gasteiger partial charge in [-0.25, -0.2) is 0 Å². The third-order valence-electron chi connectivity index (χ3n) is 4.22. The largest absolute Gasteiger partial charge is 0.396 e. The van der Waals surface area contributed by atoms with Crippen molar-refractivity contribution in [2.45, 2.75) is 32.7 Å². The summed E-state index contributed by atoms with van der Waals surface area (Å²) in [4.78, 5) is 24.5. The molecule has 5 nitrogen and oxygen atoms in total. The van der Waals surface area contributed by atoms with Crippen LogP contribution in [0, 0.1) is 13.8 Å². The predicted molar refractivity (Wildman–Crippen MR) is 98.2 cm³/mol. The SMILES string of the molecule is Cc1cccc(NC(=O)C(=O)NC(CCCO)c2ccccc2)c1C. The summed E-state index contributed by atoms with van der Waals surface area (Å²) in [7, 11) is 0. The van der Waals surface area contributed by atoms with Crippen molar-refractivity contribution in [1.29, 1.82) is 0 Å². The fraction of sp³-hybridized carbons (Fsp3) is 0.300. The van der Waals surface area contributed by atoms with Gasteiger partial charge in [0.15, 0.2) is 0 Å². The van der Waals surface area contributed by atoms with E-state index in [1.54, 1.807) is 6.07 Å². The van der Waals surface area contributed by atoms with E-state index in [4.69, 9.17) is 5.11 Å². The third-order valence-corrected chi connectivity index (χ3v) is 4.22. The molecule has 0 heterocycles. The maximum atomic E-state index is 12.3. The molecule has 0 spiro atoms. The number of hydrogen-bond donors (Lipinski definition) is 3. The zero-order valence-corrected chi connectivity index (χ0v) is 14.6. The number of anilines is 1. The van der Waals surface area contributed by atoms with Gasteiger partial charge in [-0.15, -0.1) is 0 Å². The normalized spacial score (nSPS) is 11.6. The zero-order chi connectivity index (χ0) is 18.2. The lowest BCUT2D eigenvalue weighted by Gasteiger charge is -2.19. The molecule has 0 saturated carbocycles. The molecule has 1 atom stereocenters. The van der Waals surface area contributed by atoms with Crippen LogP contribution in [-0.4, -0.2) is 23.5 Å². The zero-order valence-electron chi connectivity index (χ0n) is 14.6. The van der Waals surface area contributed by atoms with Gasteiger partial charge in [0.25, 0.3) is 0 Å². The van der Waals surface area contributed by atoms with Crippen LogP contribution < -0.4 is 10.6 Å². The Labute approximate surface area is 148 Å². The van der Waals surface area contributed by atoms with Crippen LogP contribution in [0.3, 0.4) is 0 Å². The highest BCUT2D eigenvalue weighted by atomic mass is 16.3. The smallest absolute Gasteiger partial charge is 0.313 e. The summed E-state index contributed by atoms with van der Waals surface area (Å²) in [6, 6.07) is 14.7. The molecule has 3 N–H and O–H groups in total. The summed E-state index contributed by atoms with van der Waals surface area (Å²) >= 11 is 0. The van der Waals surface area contributed by atoms with Crippen molar-refractivity contribution in [3.05, 3.63) is 65.2 Å². The minimum atomic E-state index is -0.696. The monoisotopic (exact) mass is 340 g/mol. The Kier molecular flexibility index (Phi) is 6.71. The molecule has 0 saturated heterocycles. The van der Waals surface area contributed by atoms with Crippen molar-refractivity contribution in [2.24, 2.45) is 0 Å². The molecule has 0 aromatic heterocycles. The summed E-state index contributed by atoms with van der Waals surface area (Å²) < 4.78 is 0. The maximum Gasteiger partial charge on any atom is 0.313 e. The Balaban J connectivity index is 2.06. The highest BCUT2D eigenvalue weighted by molar-refractivity contribution is 6.39. The molecule has 1 unspecified atom stereocenters. The van der Waals surface area contributed by atoms with Crippen molar-refractivity contribution in [3.8, 4) is 0 Å². The summed E-state index contributed by atoms with van der Waals surface area (Å²) in [5, 5.41) is 14.5. The molecule has 0 aliphatic carbocycles. The van der Waals surface area contributed by atoms with E-state index in [2.05, 4.69) is 10.6 Å². The number of aryl methyl sites for hydroxylation is 1. The van der Waals surface area contributed by atoms with Crippen molar-refractivity contribution in [2.75, 3.05) is 11.9 Å². The van der Waals surface area contributed by atoms with E-state index >= 15 is 0 Å². The second-order valence-electron chi connectivity index (χ2n) is 6.00. The molecule has 2 aromatic rings. The number of amides is 2. The van der Waals surface area contributed by atoms with Gasteiger partial charge in [0.1, 0.15) is 0 Å². The van der Waals surface area contributed by atoms with E-state index in [1.807, 2.05) is 56.3 Å². The Hall–Kier alpha value is -2.66. The van der Waals surface area contributed by atoms with E-state index in [1.165, 1.54) is 0 Å². The van der Waals surface area contributed by atoms with Crippen LogP contribution >= 0.6 is 0 Å². The average Bonchev–Trinajstić information content (AvgIpc) is 2.63. The van der Waals surface area contributed by atoms with Gasteiger partial charge in [-0.2, -0.15) is 0 Å². The van der Waals surface area contributed by atoms with E-state index < -0.39 is 11.8 Å². The number of carbonyl (C=O) groups is 2. The molecule has 25 heavy (non-hydrogen) atoms. The molecule has 2 rings (SSSR count). The first-order valence-corrected chi connectivity index (χ1v) is 8.36. The van der Waals surface area contributed by atoms with Gasteiger partial charge in [0.05, 0.1) is 6.04 Å². The first kappa shape index (κ1) is 18.7. The lowest BCUT2D eigenvalue weighted by molar-refractivity contribution is -0.136. The highest BCUT2D eigenvalue weighted by Crippen LogP contribution is 2.19. The quantitative estimate of drug-likeness (QED) is 0.708. The van der Waals surface area contributed by atoms with Crippen LogP contribution in [0.1, 0.15) is 35.6 Å². The molecule has 0 aliphatic rings.